The number of rotatable bonds is 4. The lowest BCUT2D eigenvalue weighted by atomic mass is 10.0. The molecule has 0 aliphatic rings. The summed E-state index contributed by atoms with van der Waals surface area (Å²) in [6, 6.07) is 7.99. The molecule has 0 aromatic heterocycles. The Morgan fingerprint density at radius 1 is 1.46 bits per heavy atom. The van der Waals surface area contributed by atoms with Gasteiger partial charge in [-0.3, -0.25) is 0 Å². The Morgan fingerprint density at radius 3 is 2.85 bits per heavy atom. The van der Waals surface area contributed by atoms with E-state index in [1.807, 2.05) is 18.2 Å². The third kappa shape index (κ3) is 2.83. The minimum Gasteiger partial charge on any atom is -0.387 e. The van der Waals surface area contributed by atoms with Crippen LogP contribution in [-0.2, 0) is 6.42 Å². The highest BCUT2D eigenvalue weighted by Crippen LogP contribution is 2.14. The average molecular weight is 179 g/mol. The quantitative estimate of drug-likeness (QED) is 0.738. The Morgan fingerprint density at radius 2 is 2.23 bits per heavy atom. The van der Waals surface area contributed by atoms with E-state index in [2.05, 4.69) is 13.0 Å². The van der Waals surface area contributed by atoms with Gasteiger partial charge in [-0.05, 0) is 17.5 Å². The van der Waals surface area contributed by atoms with Crippen LogP contribution in [0.1, 0.15) is 30.6 Å². The number of nitrogens with two attached hydrogens (primary N) is 1. The Balaban J connectivity index is 2.78. The average Bonchev–Trinajstić information content (AvgIpc) is 2.18. The fourth-order valence-electron chi connectivity index (χ4n) is 1.38. The number of hydrogen-bond acceptors (Lipinski definition) is 2. The van der Waals surface area contributed by atoms with Gasteiger partial charge in [0.25, 0.3) is 0 Å². The Hall–Kier alpha value is -0.860. The summed E-state index contributed by atoms with van der Waals surface area (Å²) in [6.07, 6.45) is 1.67. The zero-order valence-corrected chi connectivity index (χ0v) is 8.03. The van der Waals surface area contributed by atoms with Gasteiger partial charge in [-0.15, -0.1) is 0 Å². The summed E-state index contributed by atoms with van der Waals surface area (Å²) < 4.78 is 0. The molecule has 0 aliphatic carbocycles. The van der Waals surface area contributed by atoms with E-state index in [0.29, 0.717) is 0 Å². The Bertz CT molecular complexity index is 260. The molecule has 1 aromatic rings. The summed E-state index contributed by atoms with van der Waals surface area (Å²) in [5.74, 6) is 0. The predicted molar refractivity (Wildman–Crippen MR) is 54.5 cm³/mol. The maximum absolute atomic E-state index is 9.50. The van der Waals surface area contributed by atoms with E-state index in [1.54, 1.807) is 0 Å². The van der Waals surface area contributed by atoms with E-state index in [1.165, 1.54) is 5.56 Å². The molecule has 0 unspecified atom stereocenters. The molecule has 13 heavy (non-hydrogen) atoms. The largest absolute Gasteiger partial charge is 0.387 e. The van der Waals surface area contributed by atoms with Crippen molar-refractivity contribution in [2.75, 3.05) is 6.54 Å². The van der Waals surface area contributed by atoms with E-state index in [0.717, 1.165) is 18.4 Å². The van der Waals surface area contributed by atoms with Crippen LogP contribution in [0.5, 0.6) is 0 Å². The molecule has 0 fully saturated rings. The lowest BCUT2D eigenvalue weighted by molar-refractivity contribution is 0.186. The molecule has 0 bridgehead atoms. The summed E-state index contributed by atoms with van der Waals surface area (Å²) in [7, 11) is 0. The number of aliphatic hydroxyl groups excluding tert-OH is 1. The van der Waals surface area contributed by atoms with Gasteiger partial charge >= 0.3 is 0 Å². The second-order valence-electron chi connectivity index (χ2n) is 3.25. The summed E-state index contributed by atoms with van der Waals surface area (Å²) in [5, 5.41) is 9.50. The normalized spacial score (nSPS) is 12.8. The molecule has 0 heterocycles. The Labute approximate surface area is 79.4 Å². The summed E-state index contributed by atoms with van der Waals surface area (Å²) in [5.41, 5.74) is 7.57. The van der Waals surface area contributed by atoms with E-state index >= 15 is 0 Å². The minimum absolute atomic E-state index is 0.287. The molecule has 0 spiro atoms. The molecule has 0 radical (unpaired) electrons. The van der Waals surface area contributed by atoms with Crippen molar-refractivity contribution in [3.8, 4) is 0 Å². The van der Waals surface area contributed by atoms with Crippen LogP contribution in [-0.4, -0.2) is 11.7 Å². The highest BCUT2D eigenvalue weighted by atomic mass is 16.3. The molecule has 2 nitrogen and oxygen atoms in total. The fourth-order valence-corrected chi connectivity index (χ4v) is 1.38. The fraction of sp³-hybridized carbons (Fsp3) is 0.455. The van der Waals surface area contributed by atoms with Crippen LogP contribution in [0, 0.1) is 0 Å². The molecule has 0 saturated carbocycles. The van der Waals surface area contributed by atoms with Gasteiger partial charge < -0.3 is 10.8 Å². The molecule has 0 amide bonds. The van der Waals surface area contributed by atoms with E-state index in [4.69, 9.17) is 5.73 Å². The summed E-state index contributed by atoms with van der Waals surface area (Å²) >= 11 is 0. The first kappa shape index (κ1) is 10.2. The number of benzene rings is 1. The predicted octanol–water partition coefficient (Wildman–Crippen LogP) is 1.63. The maximum atomic E-state index is 9.50. The van der Waals surface area contributed by atoms with Gasteiger partial charge in [0.15, 0.2) is 0 Å². The molecule has 1 rings (SSSR count). The number of aliphatic hydroxyl groups is 1. The maximum Gasteiger partial charge on any atom is 0.0912 e. The first-order chi connectivity index (χ1) is 6.27. The molecule has 0 saturated heterocycles. The molecule has 0 aliphatic heterocycles. The molecule has 1 aromatic carbocycles. The van der Waals surface area contributed by atoms with Gasteiger partial charge in [-0.25, -0.2) is 0 Å². The van der Waals surface area contributed by atoms with Crippen molar-refractivity contribution in [1.29, 1.82) is 0 Å². The van der Waals surface area contributed by atoms with Gasteiger partial charge in [0.05, 0.1) is 6.10 Å². The van der Waals surface area contributed by atoms with Gasteiger partial charge in [-0.1, -0.05) is 37.6 Å². The Kier molecular flexibility index (Phi) is 3.93. The highest BCUT2D eigenvalue weighted by molar-refractivity contribution is 5.25. The first-order valence-electron chi connectivity index (χ1n) is 4.75. The van der Waals surface area contributed by atoms with Crippen LogP contribution in [0.25, 0.3) is 0 Å². The van der Waals surface area contributed by atoms with Crippen LogP contribution < -0.4 is 5.73 Å². The second kappa shape index (κ2) is 5.00. The van der Waals surface area contributed by atoms with Crippen molar-refractivity contribution in [2.45, 2.75) is 25.9 Å². The molecule has 2 heteroatoms. The van der Waals surface area contributed by atoms with E-state index in [-0.39, 0.29) is 6.54 Å². The smallest absolute Gasteiger partial charge is 0.0912 e. The van der Waals surface area contributed by atoms with Gasteiger partial charge in [0, 0.05) is 6.54 Å². The SMILES string of the molecule is CCCc1cccc([C@@H](O)CN)c1. The van der Waals surface area contributed by atoms with Crippen LogP contribution in [0.3, 0.4) is 0 Å². The zero-order valence-electron chi connectivity index (χ0n) is 8.03. The molecule has 3 N–H and O–H groups in total. The summed E-state index contributed by atoms with van der Waals surface area (Å²) in [6.45, 7) is 2.43. The van der Waals surface area contributed by atoms with E-state index < -0.39 is 6.10 Å². The van der Waals surface area contributed by atoms with Gasteiger partial charge in [0.1, 0.15) is 0 Å². The second-order valence-corrected chi connectivity index (χ2v) is 3.25. The topological polar surface area (TPSA) is 46.2 Å². The van der Waals surface area contributed by atoms with Crippen molar-refractivity contribution >= 4 is 0 Å². The standard InChI is InChI=1S/C11H17NO/c1-2-4-9-5-3-6-10(7-9)11(13)8-12/h3,5-7,11,13H,2,4,8,12H2,1H3/t11-/m0/s1. The van der Waals surface area contributed by atoms with Crippen LogP contribution in [0.2, 0.25) is 0 Å². The first-order valence-corrected chi connectivity index (χ1v) is 4.75. The van der Waals surface area contributed by atoms with Gasteiger partial charge in [-0.2, -0.15) is 0 Å². The molecular weight excluding hydrogens is 162 g/mol. The lowest BCUT2D eigenvalue weighted by Crippen LogP contribution is -2.11. The van der Waals surface area contributed by atoms with Crippen LogP contribution >= 0.6 is 0 Å². The monoisotopic (exact) mass is 179 g/mol. The number of aryl methyl sites for hydroxylation is 1. The van der Waals surface area contributed by atoms with Crippen molar-refractivity contribution < 1.29 is 5.11 Å². The molecule has 1 atom stereocenters. The highest BCUT2D eigenvalue weighted by Gasteiger charge is 2.04. The van der Waals surface area contributed by atoms with Gasteiger partial charge in [0.2, 0.25) is 0 Å². The van der Waals surface area contributed by atoms with Crippen molar-refractivity contribution in [2.24, 2.45) is 5.73 Å². The zero-order chi connectivity index (χ0) is 9.68. The van der Waals surface area contributed by atoms with Crippen LogP contribution in [0.15, 0.2) is 24.3 Å². The van der Waals surface area contributed by atoms with Crippen molar-refractivity contribution in [3.63, 3.8) is 0 Å². The van der Waals surface area contributed by atoms with Crippen LogP contribution in [0.4, 0.5) is 0 Å². The van der Waals surface area contributed by atoms with E-state index in [9.17, 15) is 5.11 Å². The lowest BCUT2D eigenvalue weighted by Gasteiger charge is -2.09. The number of hydrogen-bond donors (Lipinski definition) is 2. The molecular formula is C11H17NO. The minimum atomic E-state index is -0.517. The van der Waals surface area contributed by atoms with Crippen molar-refractivity contribution in [3.05, 3.63) is 35.4 Å². The third-order valence-electron chi connectivity index (χ3n) is 2.10. The summed E-state index contributed by atoms with van der Waals surface area (Å²) in [4.78, 5) is 0. The van der Waals surface area contributed by atoms with Crippen molar-refractivity contribution in [1.82, 2.24) is 0 Å². The molecule has 72 valence electrons. The third-order valence-corrected chi connectivity index (χ3v) is 2.10.